The molecule has 26 heavy (non-hydrogen) atoms. The lowest BCUT2D eigenvalue weighted by Crippen LogP contribution is -2.40. The lowest BCUT2D eigenvalue weighted by Gasteiger charge is -2.30. The van der Waals surface area contributed by atoms with Crippen LogP contribution in [0.15, 0.2) is 47.1 Å². The van der Waals surface area contributed by atoms with E-state index in [0.29, 0.717) is 43.9 Å². The maximum absolute atomic E-state index is 12.8. The Labute approximate surface area is 152 Å². The molecular formula is C20H23NO5. The van der Waals surface area contributed by atoms with Gasteiger partial charge >= 0.3 is 5.97 Å². The highest BCUT2D eigenvalue weighted by atomic mass is 16.5. The molecule has 2 aromatic rings. The fraction of sp³-hybridized carbons (Fsp3) is 0.400. The van der Waals surface area contributed by atoms with Gasteiger partial charge in [-0.1, -0.05) is 18.2 Å². The van der Waals surface area contributed by atoms with Gasteiger partial charge in [-0.05, 0) is 38.0 Å². The van der Waals surface area contributed by atoms with Crippen LogP contribution < -0.4 is 4.74 Å². The van der Waals surface area contributed by atoms with E-state index in [2.05, 4.69) is 0 Å². The summed E-state index contributed by atoms with van der Waals surface area (Å²) in [7, 11) is 0. The molecule has 0 saturated carbocycles. The molecule has 0 unspecified atom stereocenters. The van der Waals surface area contributed by atoms with Gasteiger partial charge in [-0.2, -0.15) is 0 Å². The van der Waals surface area contributed by atoms with Crippen LogP contribution in [0.2, 0.25) is 0 Å². The van der Waals surface area contributed by atoms with Crippen LogP contribution in [0.5, 0.6) is 5.75 Å². The zero-order valence-electron chi connectivity index (χ0n) is 14.8. The number of rotatable bonds is 6. The molecule has 1 aromatic carbocycles. The minimum absolute atomic E-state index is 0.128. The van der Waals surface area contributed by atoms with E-state index in [0.717, 1.165) is 5.75 Å². The fourth-order valence-corrected chi connectivity index (χ4v) is 3.04. The maximum Gasteiger partial charge on any atom is 0.309 e. The molecule has 6 heteroatoms. The first kappa shape index (κ1) is 18.0. The molecule has 1 saturated heterocycles. The van der Waals surface area contributed by atoms with Crippen molar-refractivity contribution in [3.05, 3.63) is 54.0 Å². The van der Waals surface area contributed by atoms with Gasteiger partial charge in [-0.25, -0.2) is 0 Å². The average molecular weight is 357 g/mol. The molecule has 0 bridgehead atoms. The molecule has 0 atom stereocenters. The Morgan fingerprint density at radius 1 is 1.15 bits per heavy atom. The SMILES string of the molecule is CCOC(=O)C1CCN(C(=O)c2occc2COc2ccccc2)CC1. The number of piperidine rings is 1. The van der Waals surface area contributed by atoms with Gasteiger partial charge in [-0.3, -0.25) is 9.59 Å². The van der Waals surface area contributed by atoms with Crippen molar-refractivity contribution in [3.8, 4) is 5.75 Å². The fourth-order valence-electron chi connectivity index (χ4n) is 3.04. The Kier molecular flexibility index (Phi) is 5.94. The summed E-state index contributed by atoms with van der Waals surface area (Å²) in [5.74, 6) is 0.577. The molecule has 1 aliphatic heterocycles. The van der Waals surface area contributed by atoms with E-state index in [9.17, 15) is 9.59 Å². The van der Waals surface area contributed by atoms with Crippen LogP contribution >= 0.6 is 0 Å². The molecule has 0 radical (unpaired) electrons. The summed E-state index contributed by atoms with van der Waals surface area (Å²) >= 11 is 0. The first-order valence-electron chi connectivity index (χ1n) is 8.89. The summed E-state index contributed by atoms with van der Waals surface area (Å²) in [6, 6.07) is 11.2. The minimum atomic E-state index is -0.172. The molecule has 0 aliphatic carbocycles. The second kappa shape index (κ2) is 8.56. The second-order valence-corrected chi connectivity index (χ2v) is 6.20. The van der Waals surface area contributed by atoms with Crippen molar-refractivity contribution in [3.63, 3.8) is 0 Å². The maximum atomic E-state index is 12.8. The van der Waals surface area contributed by atoms with Crippen LogP contribution in [0, 0.1) is 5.92 Å². The lowest BCUT2D eigenvalue weighted by atomic mass is 9.97. The van der Waals surface area contributed by atoms with Crippen molar-refractivity contribution in [1.29, 1.82) is 0 Å². The lowest BCUT2D eigenvalue weighted by molar-refractivity contribution is -0.149. The van der Waals surface area contributed by atoms with Crippen molar-refractivity contribution >= 4 is 11.9 Å². The van der Waals surface area contributed by atoms with Gasteiger partial charge in [0.2, 0.25) is 0 Å². The molecule has 138 valence electrons. The van der Waals surface area contributed by atoms with Crippen LogP contribution in [0.25, 0.3) is 0 Å². The number of hydrogen-bond donors (Lipinski definition) is 0. The third-order valence-corrected chi connectivity index (χ3v) is 4.48. The zero-order chi connectivity index (χ0) is 18.4. The number of carbonyl (C=O) groups excluding carboxylic acids is 2. The quantitative estimate of drug-likeness (QED) is 0.742. The Morgan fingerprint density at radius 2 is 1.88 bits per heavy atom. The topological polar surface area (TPSA) is 69.0 Å². The van der Waals surface area contributed by atoms with Crippen molar-refractivity contribution in [2.24, 2.45) is 5.92 Å². The van der Waals surface area contributed by atoms with Gasteiger partial charge in [0.05, 0.1) is 18.8 Å². The number of carbonyl (C=O) groups is 2. The number of furan rings is 1. The summed E-state index contributed by atoms with van der Waals surface area (Å²) in [4.78, 5) is 26.3. The highest BCUT2D eigenvalue weighted by Crippen LogP contribution is 2.23. The second-order valence-electron chi connectivity index (χ2n) is 6.20. The molecule has 0 N–H and O–H groups in total. The van der Waals surface area contributed by atoms with Crippen LogP contribution in [-0.2, 0) is 16.1 Å². The van der Waals surface area contributed by atoms with E-state index < -0.39 is 0 Å². The standard InChI is InChI=1S/C20H23NO5/c1-2-24-20(23)15-8-11-21(12-9-15)19(22)18-16(10-13-25-18)14-26-17-6-4-3-5-7-17/h3-7,10,13,15H,2,8-9,11-12,14H2,1H3. The average Bonchev–Trinajstić information content (AvgIpc) is 3.15. The summed E-state index contributed by atoms with van der Waals surface area (Å²) in [6.07, 6.45) is 2.73. The summed E-state index contributed by atoms with van der Waals surface area (Å²) in [5, 5.41) is 0. The Morgan fingerprint density at radius 3 is 2.58 bits per heavy atom. The third-order valence-electron chi connectivity index (χ3n) is 4.48. The molecule has 1 fully saturated rings. The molecule has 0 spiro atoms. The summed E-state index contributed by atoms with van der Waals surface area (Å²) < 4.78 is 16.2. The number of amides is 1. The van der Waals surface area contributed by atoms with E-state index in [1.54, 1.807) is 17.9 Å². The van der Waals surface area contributed by atoms with E-state index in [1.165, 1.54) is 6.26 Å². The molecular weight excluding hydrogens is 334 g/mol. The Balaban J connectivity index is 1.57. The molecule has 2 heterocycles. The Hall–Kier alpha value is -2.76. The number of likely N-dealkylation sites (tertiary alicyclic amines) is 1. The van der Waals surface area contributed by atoms with Gasteiger partial charge < -0.3 is 18.8 Å². The van der Waals surface area contributed by atoms with Crippen LogP contribution in [-0.4, -0.2) is 36.5 Å². The highest BCUT2D eigenvalue weighted by molar-refractivity contribution is 5.93. The predicted octanol–water partition coefficient (Wildman–Crippen LogP) is 3.27. The van der Waals surface area contributed by atoms with Crippen molar-refractivity contribution in [2.75, 3.05) is 19.7 Å². The number of para-hydroxylation sites is 1. The third kappa shape index (κ3) is 4.25. The largest absolute Gasteiger partial charge is 0.489 e. The first-order valence-corrected chi connectivity index (χ1v) is 8.89. The van der Waals surface area contributed by atoms with Crippen LogP contribution in [0.4, 0.5) is 0 Å². The van der Waals surface area contributed by atoms with E-state index in [4.69, 9.17) is 13.9 Å². The molecule has 1 aromatic heterocycles. The number of esters is 1. The molecule has 1 amide bonds. The van der Waals surface area contributed by atoms with Gasteiger partial charge in [0.1, 0.15) is 12.4 Å². The van der Waals surface area contributed by atoms with Crippen molar-refractivity contribution in [1.82, 2.24) is 4.90 Å². The van der Waals surface area contributed by atoms with Gasteiger partial charge in [0, 0.05) is 18.7 Å². The summed E-state index contributed by atoms with van der Waals surface area (Å²) in [6.45, 7) is 3.48. The van der Waals surface area contributed by atoms with Gasteiger partial charge in [0.25, 0.3) is 5.91 Å². The number of hydrogen-bond acceptors (Lipinski definition) is 5. The van der Waals surface area contributed by atoms with Crippen LogP contribution in [0.1, 0.15) is 35.9 Å². The van der Waals surface area contributed by atoms with E-state index in [1.807, 2.05) is 30.3 Å². The smallest absolute Gasteiger partial charge is 0.309 e. The Bertz CT molecular complexity index is 732. The molecule has 6 nitrogen and oxygen atoms in total. The number of ether oxygens (including phenoxy) is 2. The van der Waals surface area contributed by atoms with Crippen molar-refractivity contribution < 1.29 is 23.5 Å². The number of benzene rings is 1. The highest BCUT2D eigenvalue weighted by Gasteiger charge is 2.30. The van der Waals surface area contributed by atoms with Gasteiger partial charge in [-0.15, -0.1) is 0 Å². The van der Waals surface area contributed by atoms with E-state index >= 15 is 0 Å². The van der Waals surface area contributed by atoms with Crippen LogP contribution in [0.3, 0.4) is 0 Å². The first-order chi connectivity index (χ1) is 12.7. The normalized spacial score (nSPS) is 14.9. The predicted molar refractivity (Wildman–Crippen MR) is 94.7 cm³/mol. The number of nitrogens with zero attached hydrogens (tertiary/aromatic N) is 1. The van der Waals surface area contributed by atoms with E-state index in [-0.39, 0.29) is 24.4 Å². The minimum Gasteiger partial charge on any atom is -0.489 e. The summed E-state index contributed by atoms with van der Waals surface area (Å²) in [5.41, 5.74) is 0.714. The van der Waals surface area contributed by atoms with Crippen molar-refractivity contribution in [2.45, 2.75) is 26.4 Å². The van der Waals surface area contributed by atoms with Gasteiger partial charge in [0.15, 0.2) is 5.76 Å². The zero-order valence-corrected chi connectivity index (χ0v) is 14.8. The molecule has 1 aliphatic rings. The monoisotopic (exact) mass is 357 g/mol. The molecule has 3 rings (SSSR count).